The van der Waals surface area contributed by atoms with E-state index in [9.17, 15) is 0 Å². The third kappa shape index (κ3) is 2.87. The summed E-state index contributed by atoms with van der Waals surface area (Å²) in [6.45, 7) is 6.36. The van der Waals surface area contributed by atoms with Crippen LogP contribution >= 0.6 is 0 Å². The molecule has 1 rings (SSSR count). The molecule has 1 heterocycles. The van der Waals surface area contributed by atoms with Crippen molar-refractivity contribution >= 4 is 11.6 Å². The van der Waals surface area contributed by atoms with E-state index in [0.717, 1.165) is 31.7 Å². The molecule has 0 saturated carbocycles. The van der Waals surface area contributed by atoms with Gasteiger partial charge < -0.3 is 10.6 Å². The van der Waals surface area contributed by atoms with Crippen molar-refractivity contribution in [2.45, 2.75) is 26.7 Å². The lowest BCUT2D eigenvalue weighted by molar-refractivity contribution is 0.733. The summed E-state index contributed by atoms with van der Waals surface area (Å²) >= 11 is 0. The summed E-state index contributed by atoms with van der Waals surface area (Å²) in [7, 11) is 0. The number of anilines is 2. The lowest BCUT2D eigenvalue weighted by atomic mass is 10.3. The molecule has 0 saturated heterocycles. The first-order valence-electron chi connectivity index (χ1n) is 5.10. The van der Waals surface area contributed by atoms with Crippen molar-refractivity contribution in [3.05, 3.63) is 12.4 Å². The zero-order chi connectivity index (χ0) is 10.4. The summed E-state index contributed by atoms with van der Waals surface area (Å²) in [5.41, 5.74) is 5.61. The highest BCUT2D eigenvalue weighted by molar-refractivity contribution is 5.45. The quantitative estimate of drug-likeness (QED) is 0.775. The number of hydrogen-bond donors (Lipinski definition) is 1. The fraction of sp³-hybridized carbons (Fsp3) is 0.600. The van der Waals surface area contributed by atoms with Gasteiger partial charge in [0.05, 0.1) is 0 Å². The Kier molecular flexibility index (Phi) is 4.16. The van der Waals surface area contributed by atoms with Crippen molar-refractivity contribution in [2.75, 3.05) is 23.7 Å². The minimum Gasteiger partial charge on any atom is -0.384 e. The Morgan fingerprint density at radius 2 is 1.86 bits per heavy atom. The molecule has 0 spiro atoms. The first kappa shape index (κ1) is 10.8. The normalized spacial score (nSPS) is 10.1. The Labute approximate surface area is 85.2 Å². The second-order valence-corrected chi connectivity index (χ2v) is 3.29. The molecule has 0 atom stereocenters. The van der Waals surface area contributed by atoms with Crippen LogP contribution in [0.1, 0.15) is 26.7 Å². The van der Waals surface area contributed by atoms with E-state index in [-0.39, 0.29) is 0 Å². The highest BCUT2D eigenvalue weighted by Crippen LogP contribution is 2.12. The predicted octanol–water partition coefficient (Wildman–Crippen LogP) is 1.69. The highest BCUT2D eigenvalue weighted by atomic mass is 15.2. The van der Waals surface area contributed by atoms with Crippen molar-refractivity contribution in [1.82, 2.24) is 9.97 Å². The minimum absolute atomic E-state index is 0.534. The molecule has 0 aromatic carbocycles. The van der Waals surface area contributed by atoms with E-state index in [1.165, 1.54) is 6.33 Å². The SMILES string of the molecule is CCCN(CCC)c1cc(N)ncn1. The van der Waals surface area contributed by atoms with Crippen LogP contribution in [0.15, 0.2) is 12.4 Å². The van der Waals surface area contributed by atoms with Crippen LogP contribution < -0.4 is 10.6 Å². The lowest BCUT2D eigenvalue weighted by Crippen LogP contribution is -2.25. The van der Waals surface area contributed by atoms with E-state index >= 15 is 0 Å². The van der Waals surface area contributed by atoms with Crippen molar-refractivity contribution in [1.29, 1.82) is 0 Å². The first-order valence-corrected chi connectivity index (χ1v) is 5.10. The fourth-order valence-electron chi connectivity index (χ4n) is 1.42. The second-order valence-electron chi connectivity index (χ2n) is 3.29. The maximum atomic E-state index is 5.61. The third-order valence-electron chi connectivity index (χ3n) is 1.98. The third-order valence-corrected chi connectivity index (χ3v) is 1.98. The molecular formula is C10H18N4. The average molecular weight is 194 g/mol. The van der Waals surface area contributed by atoms with Crippen LogP contribution in [-0.2, 0) is 0 Å². The van der Waals surface area contributed by atoms with Gasteiger partial charge in [-0.1, -0.05) is 13.8 Å². The van der Waals surface area contributed by atoms with E-state index in [4.69, 9.17) is 5.73 Å². The number of rotatable bonds is 5. The summed E-state index contributed by atoms with van der Waals surface area (Å²) in [5, 5.41) is 0. The molecular weight excluding hydrogens is 176 g/mol. The zero-order valence-electron chi connectivity index (χ0n) is 8.90. The van der Waals surface area contributed by atoms with Crippen LogP contribution in [0, 0.1) is 0 Å². The molecule has 1 aromatic heterocycles. The molecule has 0 radical (unpaired) electrons. The van der Waals surface area contributed by atoms with Gasteiger partial charge in [0.2, 0.25) is 0 Å². The van der Waals surface area contributed by atoms with Crippen molar-refractivity contribution < 1.29 is 0 Å². The average Bonchev–Trinajstić information content (AvgIpc) is 2.17. The van der Waals surface area contributed by atoms with Crippen LogP contribution in [0.2, 0.25) is 0 Å². The van der Waals surface area contributed by atoms with Crippen molar-refractivity contribution in [3.8, 4) is 0 Å². The number of hydrogen-bond acceptors (Lipinski definition) is 4. The summed E-state index contributed by atoms with van der Waals surface area (Å²) in [5.74, 6) is 1.47. The van der Waals surface area contributed by atoms with Gasteiger partial charge in [0.15, 0.2) is 0 Å². The fourth-order valence-corrected chi connectivity index (χ4v) is 1.42. The van der Waals surface area contributed by atoms with Crippen molar-refractivity contribution in [3.63, 3.8) is 0 Å². The monoisotopic (exact) mass is 194 g/mol. The summed E-state index contributed by atoms with van der Waals surface area (Å²) in [6.07, 6.45) is 3.75. The van der Waals surface area contributed by atoms with Crippen LogP contribution in [0.25, 0.3) is 0 Å². The van der Waals surface area contributed by atoms with Gasteiger partial charge in [-0.15, -0.1) is 0 Å². The van der Waals surface area contributed by atoms with E-state index in [2.05, 4.69) is 28.7 Å². The van der Waals surface area contributed by atoms with Gasteiger partial charge in [-0.25, -0.2) is 9.97 Å². The number of nitrogens with two attached hydrogens (primary N) is 1. The van der Waals surface area contributed by atoms with Crippen LogP contribution in [0.4, 0.5) is 11.6 Å². The maximum Gasteiger partial charge on any atom is 0.134 e. The van der Waals surface area contributed by atoms with Gasteiger partial charge >= 0.3 is 0 Å². The van der Waals surface area contributed by atoms with Crippen LogP contribution in [0.5, 0.6) is 0 Å². The van der Waals surface area contributed by atoms with Gasteiger partial charge in [0, 0.05) is 19.2 Å². The Balaban J connectivity index is 2.75. The largest absolute Gasteiger partial charge is 0.384 e. The summed E-state index contributed by atoms with van der Waals surface area (Å²) in [6, 6.07) is 1.82. The second kappa shape index (κ2) is 5.42. The topological polar surface area (TPSA) is 55.0 Å². The number of aromatic nitrogens is 2. The Morgan fingerprint density at radius 3 is 2.36 bits per heavy atom. The molecule has 14 heavy (non-hydrogen) atoms. The summed E-state index contributed by atoms with van der Waals surface area (Å²) in [4.78, 5) is 10.3. The predicted molar refractivity (Wildman–Crippen MR) is 59.2 cm³/mol. The highest BCUT2D eigenvalue weighted by Gasteiger charge is 2.05. The van der Waals surface area contributed by atoms with Gasteiger partial charge in [-0.05, 0) is 12.8 Å². The van der Waals surface area contributed by atoms with E-state index in [1.54, 1.807) is 0 Å². The molecule has 1 aromatic rings. The Bertz CT molecular complexity index is 269. The van der Waals surface area contributed by atoms with Gasteiger partial charge in [-0.3, -0.25) is 0 Å². The molecule has 0 fully saturated rings. The first-order chi connectivity index (χ1) is 6.77. The van der Waals surface area contributed by atoms with Crippen LogP contribution in [-0.4, -0.2) is 23.1 Å². The van der Waals surface area contributed by atoms with Gasteiger partial charge in [0.25, 0.3) is 0 Å². The molecule has 2 N–H and O–H groups in total. The molecule has 0 bridgehead atoms. The van der Waals surface area contributed by atoms with E-state index in [0.29, 0.717) is 5.82 Å². The molecule has 0 aliphatic carbocycles. The zero-order valence-corrected chi connectivity index (χ0v) is 8.90. The smallest absolute Gasteiger partial charge is 0.134 e. The van der Waals surface area contributed by atoms with E-state index in [1.807, 2.05) is 6.07 Å². The number of nitrogens with zero attached hydrogens (tertiary/aromatic N) is 3. The van der Waals surface area contributed by atoms with Crippen LogP contribution in [0.3, 0.4) is 0 Å². The molecule has 4 nitrogen and oxygen atoms in total. The minimum atomic E-state index is 0.534. The summed E-state index contributed by atoms with van der Waals surface area (Å²) < 4.78 is 0. The lowest BCUT2D eigenvalue weighted by Gasteiger charge is -2.22. The van der Waals surface area contributed by atoms with Crippen molar-refractivity contribution in [2.24, 2.45) is 0 Å². The molecule has 78 valence electrons. The van der Waals surface area contributed by atoms with Gasteiger partial charge in [-0.2, -0.15) is 0 Å². The maximum absolute atomic E-state index is 5.61. The molecule has 0 unspecified atom stereocenters. The Hall–Kier alpha value is -1.32. The van der Waals surface area contributed by atoms with Gasteiger partial charge in [0.1, 0.15) is 18.0 Å². The molecule has 0 aliphatic heterocycles. The molecule has 0 aliphatic rings. The Morgan fingerprint density at radius 1 is 1.21 bits per heavy atom. The van der Waals surface area contributed by atoms with E-state index < -0.39 is 0 Å². The number of nitrogen functional groups attached to an aromatic ring is 1. The standard InChI is InChI=1S/C10H18N4/c1-3-5-14(6-4-2)10-7-9(11)12-8-13-10/h7-8H,3-6H2,1-2H3,(H2,11,12,13). The molecule has 4 heteroatoms. The molecule has 0 amide bonds.